The van der Waals surface area contributed by atoms with Gasteiger partial charge in [0.25, 0.3) is 5.91 Å². The third kappa shape index (κ3) is 3.80. The Morgan fingerprint density at radius 1 is 1.39 bits per heavy atom. The van der Waals surface area contributed by atoms with Crippen molar-refractivity contribution in [3.63, 3.8) is 0 Å². The smallest absolute Gasteiger partial charge is 0.262 e. The summed E-state index contributed by atoms with van der Waals surface area (Å²) >= 11 is 1.44. The highest BCUT2D eigenvalue weighted by atomic mass is 32.1. The van der Waals surface area contributed by atoms with Gasteiger partial charge in [0.2, 0.25) is 0 Å². The summed E-state index contributed by atoms with van der Waals surface area (Å²) in [7, 11) is 1.96. The Balaban J connectivity index is 1.65. The molecule has 0 unspecified atom stereocenters. The second-order valence-electron chi connectivity index (χ2n) is 7.37. The van der Waals surface area contributed by atoms with Gasteiger partial charge in [-0.15, -0.1) is 11.3 Å². The molecule has 1 aliphatic heterocycles. The first kappa shape index (κ1) is 19.0. The number of aromatic nitrogens is 3. The van der Waals surface area contributed by atoms with Gasteiger partial charge in [-0.3, -0.25) is 14.4 Å². The maximum atomic E-state index is 12.9. The highest BCUT2D eigenvalue weighted by Gasteiger charge is 2.30. The Kier molecular flexibility index (Phi) is 5.43. The highest BCUT2D eigenvalue weighted by Crippen LogP contribution is 2.37. The number of rotatable bonds is 5. The van der Waals surface area contributed by atoms with Crippen molar-refractivity contribution in [2.75, 3.05) is 19.7 Å². The predicted octanol–water partition coefficient (Wildman–Crippen LogP) is 2.74. The minimum atomic E-state index is -0.159. The Morgan fingerprint density at radius 3 is 3.00 bits per heavy atom. The molecule has 3 aromatic rings. The summed E-state index contributed by atoms with van der Waals surface area (Å²) in [6, 6.07) is 6.06. The minimum Gasteiger partial charge on any atom is -0.371 e. The van der Waals surface area contributed by atoms with E-state index in [0.29, 0.717) is 11.5 Å². The van der Waals surface area contributed by atoms with Crippen LogP contribution in [-0.4, -0.2) is 51.3 Å². The van der Waals surface area contributed by atoms with E-state index in [1.54, 1.807) is 6.20 Å². The number of carbonyl (C=O) groups is 1. The SMILES string of the molecule is CC(C)NC(=O)c1sc2ncccc2c1[C@@H]1CN(Cc2ccnn2C)CCO1. The average Bonchev–Trinajstić information content (AvgIpc) is 3.25. The second-order valence-corrected chi connectivity index (χ2v) is 8.37. The predicted molar refractivity (Wildman–Crippen MR) is 109 cm³/mol. The molecule has 1 atom stereocenters. The molecule has 0 bridgehead atoms. The Morgan fingerprint density at radius 2 is 2.25 bits per heavy atom. The molecule has 1 amide bonds. The van der Waals surface area contributed by atoms with Gasteiger partial charge in [0.1, 0.15) is 9.71 Å². The third-order valence-electron chi connectivity index (χ3n) is 4.91. The van der Waals surface area contributed by atoms with Crippen molar-refractivity contribution in [2.45, 2.75) is 32.5 Å². The highest BCUT2D eigenvalue weighted by molar-refractivity contribution is 7.20. The van der Waals surface area contributed by atoms with Crippen LogP contribution < -0.4 is 5.32 Å². The van der Waals surface area contributed by atoms with Crippen molar-refractivity contribution < 1.29 is 9.53 Å². The molecule has 1 N–H and O–H groups in total. The molecule has 0 spiro atoms. The lowest BCUT2D eigenvalue weighted by Gasteiger charge is -2.33. The maximum Gasteiger partial charge on any atom is 0.262 e. The van der Waals surface area contributed by atoms with Gasteiger partial charge in [0, 0.05) is 56.1 Å². The lowest BCUT2D eigenvalue weighted by atomic mass is 10.0. The molecular weight excluding hydrogens is 374 g/mol. The van der Waals surface area contributed by atoms with E-state index in [-0.39, 0.29) is 18.1 Å². The summed E-state index contributed by atoms with van der Waals surface area (Å²) in [5.74, 6) is -0.0552. The van der Waals surface area contributed by atoms with Gasteiger partial charge in [0.05, 0.1) is 18.4 Å². The van der Waals surface area contributed by atoms with Crippen LogP contribution >= 0.6 is 11.3 Å². The number of hydrogen-bond acceptors (Lipinski definition) is 6. The molecule has 0 aliphatic carbocycles. The number of morpholine rings is 1. The number of ether oxygens (including phenoxy) is 1. The number of hydrogen-bond donors (Lipinski definition) is 1. The average molecular weight is 400 g/mol. The van der Waals surface area contributed by atoms with Gasteiger partial charge in [-0.2, -0.15) is 5.10 Å². The second kappa shape index (κ2) is 7.98. The van der Waals surface area contributed by atoms with E-state index >= 15 is 0 Å². The summed E-state index contributed by atoms with van der Waals surface area (Å²) in [6.07, 6.45) is 3.43. The van der Waals surface area contributed by atoms with Crippen molar-refractivity contribution in [2.24, 2.45) is 7.05 Å². The van der Waals surface area contributed by atoms with Gasteiger partial charge in [0.15, 0.2) is 0 Å². The Labute approximate surface area is 168 Å². The minimum absolute atomic E-state index is 0.0552. The molecule has 1 aliphatic rings. The zero-order valence-electron chi connectivity index (χ0n) is 16.4. The standard InChI is InChI=1S/C20H25N5O2S/c1-13(2)23-19(26)18-17(15-5-4-7-21-20(15)28-18)16-12-25(9-10-27-16)11-14-6-8-22-24(14)3/h4-8,13,16H,9-12H2,1-3H3,(H,23,26)/t16-/m0/s1. The van der Waals surface area contributed by atoms with Crippen LogP contribution in [0.5, 0.6) is 0 Å². The summed E-state index contributed by atoms with van der Waals surface area (Å²) in [6.45, 7) is 6.96. The van der Waals surface area contributed by atoms with Crippen LogP contribution in [0.3, 0.4) is 0 Å². The van der Waals surface area contributed by atoms with Crippen LogP contribution in [0.4, 0.5) is 0 Å². The van der Waals surface area contributed by atoms with E-state index in [1.165, 1.54) is 11.3 Å². The summed E-state index contributed by atoms with van der Waals surface area (Å²) in [4.78, 5) is 21.3. The van der Waals surface area contributed by atoms with Crippen molar-refractivity contribution in [3.05, 3.63) is 46.7 Å². The van der Waals surface area contributed by atoms with Crippen LogP contribution in [0.1, 0.15) is 40.9 Å². The van der Waals surface area contributed by atoms with Gasteiger partial charge in [-0.05, 0) is 26.0 Å². The van der Waals surface area contributed by atoms with Crippen molar-refractivity contribution in [1.82, 2.24) is 25.0 Å². The lowest BCUT2D eigenvalue weighted by molar-refractivity contribution is -0.0329. The van der Waals surface area contributed by atoms with Crippen LogP contribution in [0.2, 0.25) is 0 Å². The largest absolute Gasteiger partial charge is 0.371 e. The molecule has 8 heteroatoms. The van der Waals surface area contributed by atoms with Gasteiger partial charge in [-0.1, -0.05) is 6.07 Å². The molecule has 4 rings (SSSR count). The van der Waals surface area contributed by atoms with E-state index in [4.69, 9.17) is 4.74 Å². The van der Waals surface area contributed by atoms with Gasteiger partial charge < -0.3 is 10.1 Å². The van der Waals surface area contributed by atoms with E-state index < -0.39 is 0 Å². The van der Waals surface area contributed by atoms with Crippen molar-refractivity contribution >= 4 is 27.5 Å². The summed E-state index contributed by atoms with van der Waals surface area (Å²) < 4.78 is 8.04. The summed E-state index contributed by atoms with van der Waals surface area (Å²) in [5, 5.41) is 8.28. The number of thiophene rings is 1. The van der Waals surface area contributed by atoms with Crippen LogP contribution in [0.25, 0.3) is 10.2 Å². The zero-order valence-corrected chi connectivity index (χ0v) is 17.2. The zero-order chi connectivity index (χ0) is 19.7. The first-order valence-electron chi connectivity index (χ1n) is 9.52. The van der Waals surface area contributed by atoms with Crippen molar-refractivity contribution in [1.29, 1.82) is 0 Å². The van der Waals surface area contributed by atoms with E-state index in [9.17, 15) is 4.79 Å². The first-order valence-corrected chi connectivity index (χ1v) is 10.3. The Hall–Kier alpha value is -2.29. The molecule has 0 saturated carbocycles. The number of carbonyl (C=O) groups excluding carboxylic acids is 1. The number of aryl methyl sites for hydroxylation is 1. The van der Waals surface area contributed by atoms with Crippen molar-refractivity contribution in [3.8, 4) is 0 Å². The molecule has 7 nitrogen and oxygen atoms in total. The van der Waals surface area contributed by atoms with Crippen LogP contribution in [-0.2, 0) is 18.3 Å². The van der Waals surface area contributed by atoms with Crippen LogP contribution in [0.15, 0.2) is 30.6 Å². The summed E-state index contributed by atoms with van der Waals surface area (Å²) in [5.41, 5.74) is 2.12. The lowest BCUT2D eigenvalue weighted by Crippen LogP contribution is -2.39. The molecule has 1 saturated heterocycles. The third-order valence-corrected chi connectivity index (χ3v) is 6.04. The molecule has 148 valence electrons. The van der Waals surface area contributed by atoms with E-state index in [1.807, 2.05) is 50.0 Å². The fourth-order valence-electron chi connectivity index (χ4n) is 3.57. The van der Waals surface area contributed by atoms with Gasteiger partial charge >= 0.3 is 0 Å². The Bertz CT molecular complexity index is 980. The number of amides is 1. The topological polar surface area (TPSA) is 72.3 Å². The molecule has 3 aromatic heterocycles. The molecular formula is C20H25N5O2S. The number of fused-ring (bicyclic) bond motifs is 1. The van der Waals surface area contributed by atoms with E-state index in [2.05, 4.69) is 20.3 Å². The molecule has 1 fully saturated rings. The quantitative estimate of drug-likeness (QED) is 0.714. The number of nitrogens with one attached hydrogen (secondary N) is 1. The number of nitrogens with zero attached hydrogens (tertiary/aromatic N) is 4. The fraction of sp³-hybridized carbons (Fsp3) is 0.450. The molecule has 4 heterocycles. The normalized spacial score (nSPS) is 18.1. The molecule has 28 heavy (non-hydrogen) atoms. The fourth-order valence-corrected chi connectivity index (χ4v) is 4.67. The first-order chi connectivity index (χ1) is 13.5. The molecule has 0 aromatic carbocycles. The number of pyridine rings is 1. The molecule has 0 radical (unpaired) electrons. The maximum absolute atomic E-state index is 12.9. The monoisotopic (exact) mass is 399 g/mol. The van der Waals surface area contributed by atoms with Crippen LogP contribution in [0, 0.1) is 0 Å². The van der Waals surface area contributed by atoms with E-state index in [0.717, 1.165) is 41.1 Å². The van der Waals surface area contributed by atoms with Gasteiger partial charge in [-0.25, -0.2) is 4.98 Å².